The molecule has 0 bridgehead atoms. The van der Waals surface area contributed by atoms with Crippen LogP contribution in [0.4, 0.5) is 0 Å². The number of rotatable bonds is 2. The first-order valence-electron chi connectivity index (χ1n) is 7.64. The van der Waals surface area contributed by atoms with E-state index in [-0.39, 0.29) is 11.9 Å². The average molecular weight is 270 g/mol. The Morgan fingerprint density at radius 3 is 2.70 bits per heavy atom. The summed E-state index contributed by atoms with van der Waals surface area (Å²) in [4.78, 5) is 12.1. The summed E-state index contributed by atoms with van der Waals surface area (Å²) >= 11 is 0. The molecule has 3 atom stereocenters. The fraction of sp³-hybridized carbons (Fsp3) is 0.500. The van der Waals surface area contributed by atoms with Crippen LogP contribution >= 0.6 is 0 Å². The highest BCUT2D eigenvalue weighted by atomic mass is 16.5. The van der Waals surface area contributed by atoms with E-state index in [0.29, 0.717) is 11.8 Å². The molecule has 0 spiro atoms. The molecule has 3 unspecified atom stereocenters. The van der Waals surface area contributed by atoms with Crippen LogP contribution < -0.4 is 0 Å². The standard InChI is InChI=1S/C18H22O2/c1-20-18(19)17-12-14-9-5-6-10-15(14)16(17)11-13-7-3-2-4-8-13/h2-4,7-8,11,14-15,17H,5-6,9-10,12H2,1H3/b16-11+. The number of methoxy groups -OCH3 is 1. The van der Waals surface area contributed by atoms with Crippen molar-refractivity contribution >= 4 is 12.0 Å². The van der Waals surface area contributed by atoms with Crippen LogP contribution in [-0.2, 0) is 9.53 Å². The summed E-state index contributed by atoms with van der Waals surface area (Å²) < 4.78 is 5.03. The zero-order valence-corrected chi connectivity index (χ0v) is 12.0. The van der Waals surface area contributed by atoms with Gasteiger partial charge in [0.25, 0.3) is 0 Å². The fourth-order valence-electron chi connectivity index (χ4n) is 3.95. The first-order valence-corrected chi connectivity index (χ1v) is 7.64. The Morgan fingerprint density at radius 2 is 1.95 bits per heavy atom. The highest BCUT2D eigenvalue weighted by Gasteiger charge is 2.43. The lowest BCUT2D eigenvalue weighted by atomic mass is 9.80. The Balaban J connectivity index is 1.94. The zero-order chi connectivity index (χ0) is 13.9. The van der Waals surface area contributed by atoms with Crippen LogP contribution in [0.2, 0.25) is 0 Å². The predicted octanol–water partition coefficient (Wildman–Crippen LogP) is 4.07. The second-order valence-electron chi connectivity index (χ2n) is 6.02. The van der Waals surface area contributed by atoms with Gasteiger partial charge in [-0.2, -0.15) is 0 Å². The molecule has 1 aromatic rings. The van der Waals surface area contributed by atoms with Crippen molar-refractivity contribution in [2.75, 3.05) is 7.11 Å². The van der Waals surface area contributed by atoms with E-state index in [2.05, 4.69) is 18.2 Å². The van der Waals surface area contributed by atoms with Crippen molar-refractivity contribution in [2.24, 2.45) is 17.8 Å². The van der Waals surface area contributed by atoms with Gasteiger partial charge in [-0.25, -0.2) is 0 Å². The predicted molar refractivity (Wildman–Crippen MR) is 80.0 cm³/mol. The lowest BCUT2D eigenvalue weighted by Gasteiger charge is -2.25. The van der Waals surface area contributed by atoms with Gasteiger partial charge in [0.15, 0.2) is 0 Å². The first kappa shape index (κ1) is 13.4. The van der Waals surface area contributed by atoms with Gasteiger partial charge in [0, 0.05) is 0 Å². The van der Waals surface area contributed by atoms with Crippen LogP contribution in [0.5, 0.6) is 0 Å². The maximum atomic E-state index is 12.1. The van der Waals surface area contributed by atoms with E-state index in [1.165, 1.54) is 43.9 Å². The molecule has 2 saturated carbocycles. The summed E-state index contributed by atoms with van der Waals surface area (Å²) in [5, 5.41) is 0. The van der Waals surface area contributed by atoms with Crippen molar-refractivity contribution in [1.29, 1.82) is 0 Å². The van der Waals surface area contributed by atoms with Crippen LogP contribution in [0, 0.1) is 17.8 Å². The first-order chi connectivity index (χ1) is 9.79. The number of hydrogen-bond donors (Lipinski definition) is 0. The number of carbonyl (C=O) groups excluding carboxylic acids is 1. The smallest absolute Gasteiger partial charge is 0.312 e. The van der Waals surface area contributed by atoms with Gasteiger partial charge in [-0.15, -0.1) is 0 Å². The lowest BCUT2D eigenvalue weighted by Crippen LogP contribution is -2.16. The Hall–Kier alpha value is -1.57. The minimum atomic E-state index is -0.0541. The highest BCUT2D eigenvalue weighted by Crippen LogP contribution is 2.49. The van der Waals surface area contributed by atoms with Gasteiger partial charge < -0.3 is 4.74 Å². The van der Waals surface area contributed by atoms with E-state index < -0.39 is 0 Å². The van der Waals surface area contributed by atoms with Crippen LogP contribution in [0.3, 0.4) is 0 Å². The second kappa shape index (κ2) is 5.82. The molecule has 0 aromatic heterocycles. The Bertz CT molecular complexity index is 503. The van der Waals surface area contributed by atoms with Crippen LogP contribution in [0.1, 0.15) is 37.7 Å². The third-order valence-corrected chi connectivity index (χ3v) is 4.90. The summed E-state index contributed by atoms with van der Waals surface area (Å²) in [6.07, 6.45) is 8.32. The molecular formula is C18H22O2. The third-order valence-electron chi connectivity index (χ3n) is 4.90. The molecule has 2 aliphatic carbocycles. The molecule has 2 nitrogen and oxygen atoms in total. The Labute approximate surface area is 120 Å². The van der Waals surface area contributed by atoms with E-state index in [4.69, 9.17) is 4.74 Å². The molecule has 0 amide bonds. The molecule has 2 heteroatoms. The van der Waals surface area contributed by atoms with Gasteiger partial charge in [-0.05, 0) is 36.7 Å². The molecule has 1 aromatic carbocycles. The molecule has 2 aliphatic rings. The van der Waals surface area contributed by atoms with Crippen molar-refractivity contribution in [1.82, 2.24) is 0 Å². The molecule has 0 aliphatic heterocycles. The van der Waals surface area contributed by atoms with Gasteiger partial charge in [0.05, 0.1) is 13.0 Å². The van der Waals surface area contributed by atoms with Crippen LogP contribution in [0.15, 0.2) is 35.9 Å². The lowest BCUT2D eigenvalue weighted by molar-refractivity contribution is -0.144. The number of fused-ring (bicyclic) bond motifs is 1. The summed E-state index contributed by atoms with van der Waals surface area (Å²) in [5.74, 6) is 1.20. The van der Waals surface area contributed by atoms with Crippen molar-refractivity contribution < 1.29 is 9.53 Å². The van der Waals surface area contributed by atoms with Crippen LogP contribution in [-0.4, -0.2) is 13.1 Å². The molecule has 0 N–H and O–H groups in total. The average Bonchev–Trinajstić information content (AvgIpc) is 2.86. The zero-order valence-electron chi connectivity index (χ0n) is 12.0. The topological polar surface area (TPSA) is 26.3 Å². The number of benzene rings is 1. The van der Waals surface area contributed by atoms with Gasteiger partial charge in [-0.1, -0.05) is 54.8 Å². The van der Waals surface area contributed by atoms with Crippen molar-refractivity contribution in [3.05, 3.63) is 41.5 Å². The van der Waals surface area contributed by atoms with E-state index in [9.17, 15) is 4.79 Å². The number of carbonyl (C=O) groups is 1. The molecular weight excluding hydrogens is 248 g/mol. The third kappa shape index (κ3) is 2.52. The molecule has 3 rings (SSSR count). The largest absolute Gasteiger partial charge is 0.469 e. The summed E-state index contributed by atoms with van der Waals surface area (Å²) in [6, 6.07) is 10.3. The Morgan fingerprint density at radius 1 is 1.20 bits per heavy atom. The Kier molecular flexibility index (Phi) is 3.90. The quantitative estimate of drug-likeness (QED) is 0.757. The van der Waals surface area contributed by atoms with Gasteiger partial charge in [0.1, 0.15) is 0 Å². The summed E-state index contributed by atoms with van der Waals surface area (Å²) in [7, 11) is 1.50. The molecule has 0 heterocycles. The maximum Gasteiger partial charge on any atom is 0.312 e. The van der Waals surface area contributed by atoms with E-state index in [1.807, 2.05) is 18.2 Å². The fourth-order valence-corrected chi connectivity index (χ4v) is 3.95. The molecule has 106 valence electrons. The molecule has 2 fully saturated rings. The highest BCUT2D eigenvalue weighted by molar-refractivity contribution is 5.79. The summed E-state index contributed by atoms with van der Waals surface area (Å²) in [5.41, 5.74) is 2.51. The van der Waals surface area contributed by atoms with Crippen LogP contribution in [0.25, 0.3) is 6.08 Å². The van der Waals surface area contributed by atoms with Gasteiger partial charge in [0.2, 0.25) is 0 Å². The van der Waals surface area contributed by atoms with E-state index >= 15 is 0 Å². The normalized spacial score (nSPS) is 31.1. The van der Waals surface area contributed by atoms with Crippen molar-refractivity contribution in [3.63, 3.8) is 0 Å². The molecule has 0 saturated heterocycles. The van der Waals surface area contributed by atoms with Crippen molar-refractivity contribution in [3.8, 4) is 0 Å². The minimum Gasteiger partial charge on any atom is -0.469 e. The van der Waals surface area contributed by atoms with E-state index in [0.717, 1.165) is 6.42 Å². The minimum absolute atomic E-state index is 0.0201. The number of hydrogen-bond acceptors (Lipinski definition) is 2. The van der Waals surface area contributed by atoms with Gasteiger partial charge in [-0.3, -0.25) is 4.79 Å². The van der Waals surface area contributed by atoms with E-state index in [1.54, 1.807) is 0 Å². The van der Waals surface area contributed by atoms with Crippen molar-refractivity contribution in [2.45, 2.75) is 32.1 Å². The van der Waals surface area contributed by atoms with Gasteiger partial charge >= 0.3 is 5.97 Å². The monoisotopic (exact) mass is 270 g/mol. The summed E-state index contributed by atoms with van der Waals surface area (Å²) in [6.45, 7) is 0. The molecule has 0 radical (unpaired) electrons. The molecule has 20 heavy (non-hydrogen) atoms. The SMILES string of the molecule is COC(=O)C1CC2CCCCC2/C1=C\c1ccccc1. The second-order valence-corrected chi connectivity index (χ2v) is 6.02. The number of ether oxygens (including phenoxy) is 1. The number of esters is 1. The maximum absolute atomic E-state index is 12.1.